The fourth-order valence-corrected chi connectivity index (χ4v) is 8.21. The lowest BCUT2D eigenvalue weighted by molar-refractivity contribution is 0.291. The number of nitrogens with zero attached hydrogens (tertiary/aromatic N) is 1. The smallest absolute Gasteiger partial charge is 0.127 e. The van der Waals surface area contributed by atoms with E-state index in [1.54, 1.807) is 0 Å². The van der Waals surface area contributed by atoms with Gasteiger partial charge in [-0.2, -0.15) is 0 Å². The van der Waals surface area contributed by atoms with E-state index in [0.29, 0.717) is 27.0 Å². The molecule has 0 spiro atoms. The molecular weight excluding hydrogens is 481 g/mol. The fourth-order valence-electron chi connectivity index (χ4n) is 6.55. The fraction of sp³-hybridized carbons (Fsp3) is 0.457. The van der Waals surface area contributed by atoms with Crippen LogP contribution in [0, 0.1) is 18.8 Å². The lowest BCUT2D eigenvalue weighted by atomic mass is 9.83. The molecule has 4 rings (SSSR count). The van der Waals surface area contributed by atoms with Crippen LogP contribution in [-0.2, 0) is 17.2 Å². The highest BCUT2D eigenvalue weighted by Crippen LogP contribution is 2.65. The van der Waals surface area contributed by atoms with Crippen molar-refractivity contribution in [3.8, 4) is 5.75 Å². The molecular formula is C35H46NOP. The van der Waals surface area contributed by atoms with Gasteiger partial charge >= 0.3 is 0 Å². The zero-order chi connectivity index (χ0) is 27.3. The first-order valence-electron chi connectivity index (χ1n) is 14.5. The Labute approximate surface area is 233 Å². The van der Waals surface area contributed by atoms with E-state index in [1.807, 2.05) is 13.3 Å². The summed E-state index contributed by atoms with van der Waals surface area (Å²) in [6.07, 6.45) is 6.64. The van der Waals surface area contributed by atoms with Gasteiger partial charge in [0, 0.05) is 35.0 Å². The SMILES string of the molecule is CCCC1C(C)C1(C)c1cc(C)cc(C(CC)(CC)Pc2ccccc2C=NC)c1OCc1ccccc1. The third-order valence-corrected chi connectivity index (χ3v) is 11.4. The van der Waals surface area contributed by atoms with Gasteiger partial charge in [-0.1, -0.05) is 122 Å². The molecule has 4 atom stereocenters. The summed E-state index contributed by atoms with van der Waals surface area (Å²) >= 11 is 0. The Morgan fingerprint density at radius 1 is 1.00 bits per heavy atom. The van der Waals surface area contributed by atoms with E-state index in [1.165, 1.54) is 46.0 Å². The minimum atomic E-state index is -0.000777. The Hall–Kier alpha value is -2.44. The first kappa shape index (κ1) is 28.6. The predicted octanol–water partition coefficient (Wildman–Crippen LogP) is 8.97. The van der Waals surface area contributed by atoms with Crippen LogP contribution >= 0.6 is 8.58 Å². The van der Waals surface area contributed by atoms with Crippen molar-refractivity contribution in [3.05, 3.63) is 94.5 Å². The maximum absolute atomic E-state index is 6.95. The average molecular weight is 528 g/mol. The average Bonchev–Trinajstić information content (AvgIpc) is 3.47. The van der Waals surface area contributed by atoms with Gasteiger partial charge in [0.1, 0.15) is 12.4 Å². The number of ether oxygens (including phenoxy) is 1. The summed E-state index contributed by atoms with van der Waals surface area (Å²) in [7, 11) is 2.49. The Kier molecular flexibility index (Phi) is 9.15. The van der Waals surface area contributed by atoms with Crippen LogP contribution in [0.25, 0.3) is 0 Å². The molecule has 1 saturated carbocycles. The van der Waals surface area contributed by atoms with Crippen LogP contribution < -0.4 is 10.0 Å². The molecule has 1 fully saturated rings. The second-order valence-electron chi connectivity index (χ2n) is 11.3. The third-order valence-electron chi connectivity index (χ3n) is 9.18. The van der Waals surface area contributed by atoms with Gasteiger partial charge in [-0.15, -0.1) is 0 Å². The number of rotatable bonds is 12. The molecule has 0 aromatic heterocycles. The van der Waals surface area contributed by atoms with E-state index in [9.17, 15) is 0 Å². The summed E-state index contributed by atoms with van der Waals surface area (Å²) in [6.45, 7) is 14.8. The first-order valence-corrected chi connectivity index (χ1v) is 15.5. The lowest BCUT2D eigenvalue weighted by Crippen LogP contribution is -2.25. The molecule has 3 aromatic carbocycles. The van der Waals surface area contributed by atoms with Gasteiger partial charge in [-0.25, -0.2) is 0 Å². The topological polar surface area (TPSA) is 21.6 Å². The number of hydrogen-bond donors (Lipinski definition) is 0. The lowest BCUT2D eigenvalue weighted by Gasteiger charge is -2.36. The summed E-state index contributed by atoms with van der Waals surface area (Å²) in [4.78, 5) is 4.36. The molecule has 38 heavy (non-hydrogen) atoms. The Bertz CT molecular complexity index is 1250. The van der Waals surface area contributed by atoms with Gasteiger partial charge in [-0.05, 0) is 54.5 Å². The number of aryl methyl sites for hydroxylation is 1. The zero-order valence-corrected chi connectivity index (χ0v) is 25.5. The minimum Gasteiger partial charge on any atom is -0.488 e. The molecule has 1 aliphatic rings. The van der Waals surface area contributed by atoms with Crippen LogP contribution in [0.15, 0.2) is 71.7 Å². The molecule has 4 unspecified atom stereocenters. The van der Waals surface area contributed by atoms with E-state index >= 15 is 0 Å². The van der Waals surface area contributed by atoms with Crippen molar-refractivity contribution in [1.82, 2.24) is 0 Å². The van der Waals surface area contributed by atoms with Crippen LogP contribution in [-0.4, -0.2) is 13.3 Å². The molecule has 3 aromatic rings. The third kappa shape index (κ3) is 5.48. The van der Waals surface area contributed by atoms with E-state index in [4.69, 9.17) is 4.74 Å². The maximum atomic E-state index is 6.95. The maximum Gasteiger partial charge on any atom is 0.127 e. The normalized spacial score (nSPS) is 21.4. The van der Waals surface area contributed by atoms with Crippen molar-refractivity contribution in [3.63, 3.8) is 0 Å². The summed E-state index contributed by atoms with van der Waals surface area (Å²) in [5, 5.41) is 1.38. The Morgan fingerprint density at radius 2 is 1.68 bits per heavy atom. The zero-order valence-electron chi connectivity index (χ0n) is 24.5. The molecule has 202 valence electrons. The molecule has 0 amide bonds. The van der Waals surface area contributed by atoms with Gasteiger partial charge in [-0.3, -0.25) is 4.99 Å². The second-order valence-corrected chi connectivity index (χ2v) is 13.1. The van der Waals surface area contributed by atoms with Crippen LogP contribution in [0.1, 0.15) is 88.1 Å². The molecule has 2 nitrogen and oxygen atoms in total. The molecule has 0 radical (unpaired) electrons. The van der Waals surface area contributed by atoms with Crippen molar-refractivity contribution in [2.45, 2.75) is 84.4 Å². The van der Waals surface area contributed by atoms with E-state index < -0.39 is 0 Å². The molecule has 0 N–H and O–H groups in total. The second kappa shape index (κ2) is 12.2. The van der Waals surface area contributed by atoms with Gasteiger partial charge in [0.05, 0.1) is 0 Å². The molecule has 1 aliphatic carbocycles. The van der Waals surface area contributed by atoms with Crippen LogP contribution in [0.5, 0.6) is 5.75 Å². The van der Waals surface area contributed by atoms with Gasteiger partial charge in [0.2, 0.25) is 0 Å². The highest BCUT2D eigenvalue weighted by atomic mass is 31.1. The number of aliphatic imine (C=N–C) groups is 1. The summed E-state index contributed by atoms with van der Waals surface area (Å²) in [6, 6.07) is 24.3. The Balaban J connectivity index is 1.88. The van der Waals surface area contributed by atoms with Gasteiger partial charge in [0.15, 0.2) is 0 Å². The van der Waals surface area contributed by atoms with Gasteiger partial charge < -0.3 is 4.74 Å². The summed E-state index contributed by atoms with van der Waals surface area (Å²) in [5.41, 5.74) is 6.77. The monoisotopic (exact) mass is 527 g/mol. The van der Waals surface area contributed by atoms with Crippen molar-refractivity contribution in [2.75, 3.05) is 7.05 Å². The highest BCUT2D eigenvalue weighted by molar-refractivity contribution is 7.48. The number of benzene rings is 3. The van der Waals surface area contributed by atoms with Crippen LogP contribution in [0.4, 0.5) is 0 Å². The van der Waals surface area contributed by atoms with Gasteiger partial charge in [0.25, 0.3) is 0 Å². The largest absolute Gasteiger partial charge is 0.488 e. The van der Waals surface area contributed by atoms with E-state index in [2.05, 4.69) is 113 Å². The molecule has 0 aliphatic heterocycles. The van der Waals surface area contributed by atoms with E-state index in [-0.39, 0.29) is 10.6 Å². The van der Waals surface area contributed by atoms with Crippen molar-refractivity contribution in [1.29, 1.82) is 0 Å². The molecule has 0 saturated heterocycles. The highest BCUT2D eigenvalue weighted by Gasteiger charge is 2.59. The molecule has 0 bridgehead atoms. The minimum absolute atomic E-state index is 0.000777. The standard InChI is InChI=1S/C35H46NOP/c1-8-16-29-26(5)34(29,6)30-21-25(4)22-31(33(30)37-24-27-17-12-11-13-18-27)35(9-2,10-3)38-32-20-15-14-19-28(32)23-36-7/h11-15,17-23,26,29,38H,8-10,16,24H2,1-7H3. The summed E-state index contributed by atoms with van der Waals surface area (Å²) < 4.78 is 6.95. The van der Waals surface area contributed by atoms with Crippen LogP contribution in [0.3, 0.4) is 0 Å². The first-order chi connectivity index (χ1) is 18.3. The quantitative estimate of drug-likeness (QED) is 0.170. The molecule has 3 heteroatoms. The van der Waals surface area contributed by atoms with Crippen molar-refractivity contribution in [2.24, 2.45) is 16.8 Å². The summed E-state index contributed by atoms with van der Waals surface area (Å²) in [5.74, 6) is 2.52. The van der Waals surface area contributed by atoms with Crippen molar-refractivity contribution >= 4 is 20.1 Å². The predicted molar refractivity (Wildman–Crippen MR) is 167 cm³/mol. The molecule has 0 heterocycles. The Morgan fingerprint density at radius 3 is 2.34 bits per heavy atom. The number of hydrogen-bond acceptors (Lipinski definition) is 2. The van der Waals surface area contributed by atoms with Crippen LogP contribution in [0.2, 0.25) is 0 Å². The van der Waals surface area contributed by atoms with Crippen molar-refractivity contribution < 1.29 is 4.74 Å². The van der Waals surface area contributed by atoms with E-state index in [0.717, 1.165) is 18.6 Å².